The number of benzene rings is 3. The fourth-order valence-electron chi connectivity index (χ4n) is 4.92. The topological polar surface area (TPSA) is 71.1 Å². The molecule has 1 aliphatic rings. The molecule has 3 aromatic rings. The Bertz CT molecular complexity index is 1370. The molecule has 218 valence electrons. The number of hydrogen-bond donors (Lipinski definition) is 0. The van der Waals surface area contributed by atoms with Crippen LogP contribution in [0.25, 0.3) is 0 Å². The van der Waals surface area contributed by atoms with Crippen molar-refractivity contribution >= 4 is 25.3 Å². The lowest BCUT2D eigenvalue weighted by Crippen LogP contribution is -2.12. The van der Waals surface area contributed by atoms with Gasteiger partial charge >= 0.3 is 13.6 Å². The minimum atomic E-state index is -3.61. The molecule has 0 amide bonds. The first-order valence-electron chi connectivity index (χ1n) is 14.0. The Morgan fingerprint density at radius 3 is 2.20 bits per heavy atom. The van der Waals surface area contributed by atoms with Crippen LogP contribution in [-0.2, 0) is 28.8 Å². The van der Waals surface area contributed by atoms with Crippen molar-refractivity contribution in [1.29, 1.82) is 0 Å². The number of carbonyl (C=O) groups is 1. The number of fused-ring (bicyclic) bond motifs is 1. The molecule has 0 N–H and O–H groups in total. The van der Waals surface area contributed by atoms with Gasteiger partial charge in [0, 0.05) is 16.9 Å². The summed E-state index contributed by atoms with van der Waals surface area (Å²) in [5, 5.41) is 0.496. The highest BCUT2D eigenvalue weighted by Crippen LogP contribution is 2.50. The fraction of sp³-hybridized carbons (Fsp3) is 0.364. The molecule has 0 aliphatic carbocycles. The summed E-state index contributed by atoms with van der Waals surface area (Å²) in [6.45, 7) is 11.2. The van der Waals surface area contributed by atoms with Crippen molar-refractivity contribution in [3.8, 4) is 17.2 Å². The SMILES string of the molecule is CCc1c(C)c2c(c(OCCSC(C)C)c1C/C=C(\C)CP(=O)(Oc1ccccc1)Oc1ccccc1)C(=O)OC2. The summed E-state index contributed by atoms with van der Waals surface area (Å²) in [4.78, 5) is 12.8. The van der Waals surface area contributed by atoms with Crippen molar-refractivity contribution < 1.29 is 27.9 Å². The van der Waals surface area contributed by atoms with Crippen LogP contribution >= 0.6 is 19.4 Å². The minimum absolute atomic E-state index is 0.103. The quantitative estimate of drug-likeness (QED) is 0.0801. The zero-order chi connectivity index (χ0) is 29.4. The van der Waals surface area contributed by atoms with Crippen molar-refractivity contribution in [3.05, 3.63) is 100 Å². The van der Waals surface area contributed by atoms with Gasteiger partial charge in [-0.25, -0.2) is 9.36 Å². The van der Waals surface area contributed by atoms with E-state index in [2.05, 4.69) is 20.8 Å². The highest BCUT2D eigenvalue weighted by molar-refractivity contribution is 7.99. The third kappa shape index (κ3) is 7.99. The molecule has 1 heterocycles. The lowest BCUT2D eigenvalue weighted by atomic mass is 9.89. The molecule has 0 unspecified atom stereocenters. The second-order valence-corrected chi connectivity index (χ2v) is 13.9. The van der Waals surface area contributed by atoms with Gasteiger partial charge in [0.15, 0.2) is 0 Å². The lowest BCUT2D eigenvalue weighted by molar-refractivity contribution is 0.0532. The van der Waals surface area contributed by atoms with Crippen molar-refractivity contribution in [2.24, 2.45) is 0 Å². The second-order valence-electron chi connectivity index (χ2n) is 10.3. The Labute approximate surface area is 248 Å². The molecule has 1 aliphatic heterocycles. The second kappa shape index (κ2) is 14.2. The molecule has 8 heteroatoms. The van der Waals surface area contributed by atoms with E-state index >= 15 is 0 Å². The average Bonchev–Trinajstić information content (AvgIpc) is 3.33. The molecule has 41 heavy (non-hydrogen) atoms. The van der Waals surface area contributed by atoms with E-state index in [9.17, 15) is 9.36 Å². The summed E-state index contributed by atoms with van der Waals surface area (Å²) >= 11 is 1.82. The van der Waals surface area contributed by atoms with E-state index < -0.39 is 7.60 Å². The number of carbonyl (C=O) groups excluding carboxylic acids is 1. The van der Waals surface area contributed by atoms with Crippen LogP contribution in [0.3, 0.4) is 0 Å². The summed E-state index contributed by atoms with van der Waals surface area (Å²) in [6.07, 6.45) is 3.44. The van der Waals surface area contributed by atoms with E-state index in [-0.39, 0.29) is 18.7 Å². The van der Waals surface area contributed by atoms with E-state index in [0.717, 1.165) is 40.0 Å². The van der Waals surface area contributed by atoms with E-state index in [1.54, 1.807) is 24.3 Å². The molecule has 6 nitrogen and oxygen atoms in total. The predicted molar refractivity (Wildman–Crippen MR) is 167 cm³/mol. The summed E-state index contributed by atoms with van der Waals surface area (Å²) < 4.78 is 37.8. The van der Waals surface area contributed by atoms with Crippen LogP contribution in [0.2, 0.25) is 0 Å². The van der Waals surface area contributed by atoms with E-state index in [1.807, 2.05) is 68.1 Å². The molecule has 3 aromatic carbocycles. The number of rotatable bonds is 14. The smallest absolute Gasteiger partial charge is 0.434 e. The molecule has 0 atom stereocenters. The monoisotopic (exact) mass is 594 g/mol. The molecule has 0 spiro atoms. The standard InChI is InChI=1S/C33H39O6PS/c1-6-28-25(5)30-21-37-33(34)31(30)32(36-19-20-41-23(2)3)29(28)18-17-24(4)22-40(35,38-26-13-9-7-10-14-26)39-27-15-11-8-12-16-27/h7-17,23H,6,18-22H2,1-5H3/b24-17+. The summed E-state index contributed by atoms with van der Waals surface area (Å²) in [7, 11) is -3.61. The summed E-state index contributed by atoms with van der Waals surface area (Å²) in [6, 6.07) is 18.1. The first-order chi connectivity index (χ1) is 19.7. The van der Waals surface area contributed by atoms with Crippen LogP contribution in [0, 0.1) is 6.92 Å². The number of esters is 1. The van der Waals surface area contributed by atoms with Gasteiger partial charge in [0.2, 0.25) is 0 Å². The third-order valence-corrected chi connectivity index (χ3v) is 9.76. The maximum atomic E-state index is 14.1. The highest BCUT2D eigenvalue weighted by atomic mass is 32.2. The first kappa shape index (κ1) is 30.8. The maximum absolute atomic E-state index is 14.1. The van der Waals surface area contributed by atoms with Gasteiger partial charge in [-0.05, 0) is 67.3 Å². The van der Waals surface area contributed by atoms with Gasteiger partial charge in [-0.15, -0.1) is 0 Å². The van der Waals surface area contributed by atoms with Crippen LogP contribution in [0.15, 0.2) is 72.3 Å². The highest BCUT2D eigenvalue weighted by Gasteiger charge is 2.33. The van der Waals surface area contributed by atoms with E-state index in [1.165, 1.54) is 0 Å². The molecule has 0 saturated carbocycles. The Balaban J connectivity index is 1.64. The molecular formula is C33H39O6PS. The third-order valence-electron chi connectivity index (χ3n) is 6.83. The Morgan fingerprint density at radius 2 is 1.63 bits per heavy atom. The van der Waals surface area contributed by atoms with Gasteiger partial charge in [-0.3, -0.25) is 0 Å². The molecular weight excluding hydrogens is 555 g/mol. The van der Waals surface area contributed by atoms with Crippen molar-refractivity contribution in [2.45, 2.75) is 59.3 Å². The van der Waals surface area contributed by atoms with Crippen molar-refractivity contribution in [3.63, 3.8) is 0 Å². The average molecular weight is 595 g/mol. The van der Waals surface area contributed by atoms with Gasteiger partial charge in [0.1, 0.15) is 29.4 Å². The molecule has 0 aromatic heterocycles. The van der Waals surface area contributed by atoms with Gasteiger partial charge < -0.3 is 18.5 Å². The van der Waals surface area contributed by atoms with Crippen LogP contribution in [0.1, 0.15) is 60.3 Å². The van der Waals surface area contributed by atoms with Crippen LogP contribution in [0.5, 0.6) is 17.2 Å². The Morgan fingerprint density at radius 1 is 1.02 bits per heavy atom. The number of ether oxygens (including phenoxy) is 2. The fourth-order valence-corrected chi connectivity index (χ4v) is 7.36. The molecule has 0 fully saturated rings. The Kier molecular flexibility index (Phi) is 10.6. The van der Waals surface area contributed by atoms with Gasteiger partial charge in [0.05, 0.1) is 12.8 Å². The van der Waals surface area contributed by atoms with Gasteiger partial charge in [0.25, 0.3) is 0 Å². The van der Waals surface area contributed by atoms with Gasteiger partial charge in [-0.1, -0.05) is 68.8 Å². The Hall–Kier alpha value is -3.15. The van der Waals surface area contributed by atoms with Gasteiger partial charge in [-0.2, -0.15) is 11.8 Å². The number of hydrogen-bond acceptors (Lipinski definition) is 7. The first-order valence-corrected chi connectivity index (χ1v) is 16.8. The predicted octanol–water partition coefficient (Wildman–Crippen LogP) is 8.59. The number of para-hydroxylation sites is 2. The zero-order valence-electron chi connectivity index (χ0n) is 24.5. The van der Waals surface area contributed by atoms with E-state index in [0.29, 0.717) is 41.1 Å². The molecule has 0 radical (unpaired) electrons. The number of thioether (sulfide) groups is 1. The molecule has 0 saturated heterocycles. The van der Waals surface area contributed by atoms with Crippen LogP contribution < -0.4 is 13.8 Å². The normalized spacial score (nSPS) is 13.2. The molecule has 4 rings (SSSR count). The lowest BCUT2D eigenvalue weighted by Gasteiger charge is -2.21. The van der Waals surface area contributed by atoms with Crippen molar-refractivity contribution in [2.75, 3.05) is 18.5 Å². The van der Waals surface area contributed by atoms with Crippen molar-refractivity contribution in [1.82, 2.24) is 0 Å². The minimum Gasteiger partial charge on any atom is -0.491 e. The summed E-state index contributed by atoms with van der Waals surface area (Å²) in [5.74, 6) is 2.06. The summed E-state index contributed by atoms with van der Waals surface area (Å²) in [5.41, 5.74) is 5.51. The number of allylic oxidation sites excluding steroid dienone is 2. The van der Waals surface area contributed by atoms with E-state index in [4.69, 9.17) is 18.5 Å². The largest absolute Gasteiger partial charge is 0.491 e. The zero-order valence-corrected chi connectivity index (χ0v) is 26.2. The maximum Gasteiger partial charge on any atom is 0.434 e. The molecule has 0 bridgehead atoms. The number of cyclic esters (lactones) is 1. The van der Waals surface area contributed by atoms with Crippen LogP contribution in [-0.4, -0.2) is 29.7 Å². The van der Waals surface area contributed by atoms with Crippen LogP contribution in [0.4, 0.5) is 0 Å².